The van der Waals surface area contributed by atoms with E-state index in [0.29, 0.717) is 10.7 Å². The molecule has 3 heterocycles. The van der Waals surface area contributed by atoms with E-state index in [2.05, 4.69) is 15.2 Å². The van der Waals surface area contributed by atoms with Crippen LogP contribution in [-0.4, -0.2) is 24.1 Å². The molecule has 2 aromatic carbocycles. The van der Waals surface area contributed by atoms with Crippen LogP contribution < -0.4 is 5.56 Å². The van der Waals surface area contributed by atoms with E-state index in [1.807, 2.05) is 77.5 Å². The number of fused-ring (bicyclic) bond motifs is 1. The van der Waals surface area contributed by atoms with Gasteiger partial charge in [0.1, 0.15) is 0 Å². The molecule has 0 spiro atoms. The maximum Gasteiger partial charge on any atom is 0.258 e. The quantitative estimate of drug-likeness (QED) is 0.381. The fourth-order valence-electron chi connectivity index (χ4n) is 3.26. The second-order valence-corrected chi connectivity index (χ2v) is 8.49. The SMILES string of the molecule is Cc1csc2nc(CSc3nnc(-c4ccccc4)n3-c3ccccc3)cc(=O)n12. The fraction of sp³-hybridized carbons (Fsp3) is 0.0909. The van der Waals surface area contributed by atoms with Gasteiger partial charge >= 0.3 is 0 Å². The van der Waals surface area contributed by atoms with Gasteiger partial charge < -0.3 is 0 Å². The average Bonchev–Trinajstić information content (AvgIpc) is 3.37. The Morgan fingerprint density at radius 3 is 2.50 bits per heavy atom. The lowest BCUT2D eigenvalue weighted by molar-refractivity contribution is 0.884. The van der Waals surface area contributed by atoms with Gasteiger partial charge in [0.05, 0.1) is 5.69 Å². The fourth-order valence-corrected chi connectivity index (χ4v) is 5.00. The van der Waals surface area contributed by atoms with Crippen molar-refractivity contribution in [3.63, 3.8) is 0 Å². The minimum atomic E-state index is -0.0520. The Hall–Kier alpha value is -3.23. The summed E-state index contributed by atoms with van der Waals surface area (Å²) in [6.45, 7) is 1.91. The summed E-state index contributed by atoms with van der Waals surface area (Å²) in [5, 5.41) is 11.6. The highest BCUT2D eigenvalue weighted by atomic mass is 32.2. The molecule has 0 saturated heterocycles. The van der Waals surface area contributed by atoms with Crippen molar-refractivity contribution in [2.75, 3.05) is 0 Å². The first-order chi connectivity index (χ1) is 14.7. The van der Waals surface area contributed by atoms with Crippen molar-refractivity contribution in [1.82, 2.24) is 24.1 Å². The molecule has 6 nitrogen and oxygen atoms in total. The van der Waals surface area contributed by atoms with E-state index in [4.69, 9.17) is 0 Å². The highest BCUT2D eigenvalue weighted by Crippen LogP contribution is 2.29. The van der Waals surface area contributed by atoms with Crippen LogP contribution in [0.2, 0.25) is 0 Å². The van der Waals surface area contributed by atoms with E-state index in [0.717, 1.165) is 33.6 Å². The lowest BCUT2D eigenvalue weighted by atomic mass is 10.2. The Labute approximate surface area is 180 Å². The Bertz CT molecular complexity index is 1370. The van der Waals surface area contributed by atoms with Crippen LogP contribution in [0.1, 0.15) is 11.4 Å². The summed E-state index contributed by atoms with van der Waals surface area (Å²) in [6.07, 6.45) is 0. The summed E-state index contributed by atoms with van der Waals surface area (Å²) < 4.78 is 3.68. The molecule has 8 heteroatoms. The number of hydrogen-bond donors (Lipinski definition) is 0. The standard InChI is InChI=1S/C22H17N5OS2/c1-15-13-29-21-23-17(12-19(28)26(15)21)14-30-22-25-24-20(16-8-4-2-5-9-16)27(22)18-10-6-3-7-11-18/h2-13H,14H2,1H3. The Balaban J connectivity index is 1.52. The van der Waals surface area contributed by atoms with E-state index in [-0.39, 0.29) is 5.56 Å². The second-order valence-electron chi connectivity index (χ2n) is 6.71. The topological polar surface area (TPSA) is 65.1 Å². The zero-order chi connectivity index (χ0) is 20.5. The average molecular weight is 432 g/mol. The monoisotopic (exact) mass is 431 g/mol. The maximum absolute atomic E-state index is 12.5. The molecular weight excluding hydrogens is 414 g/mol. The molecular formula is C22H17N5OS2. The third kappa shape index (κ3) is 3.44. The minimum absolute atomic E-state index is 0.0520. The molecule has 0 saturated carbocycles. The summed E-state index contributed by atoms with van der Waals surface area (Å²) in [7, 11) is 0. The van der Waals surface area contributed by atoms with Crippen molar-refractivity contribution in [3.05, 3.63) is 93.9 Å². The third-order valence-corrected chi connectivity index (χ3v) is 6.56. The highest BCUT2D eigenvalue weighted by molar-refractivity contribution is 7.98. The first kappa shape index (κ1) is 18.8. The van der Waals surface area contributed by atoms with Crippen molar-refractivity contribution in [2.45, 2.75) is 17.8 Å². The Morgan fingerprint density at radius 1 is 1.00 bits per heavy atom. The van der Waals surface area contributed by atoms with Gasteiger partial charge in [-0.1, -0.05) is 60.3 Å². The number of benzene rings is 2. The van der Waals surface area contributed by atoms with Crippen LogP contribution in [0.3, 0.4) is 0 Å². The molecule has 0 atom stereocenters. The van der Waals surface area contributed by atoms with Crippen molar-refractivity contribution in [3.8, 4) is 17.1 Å². The van der Waals surface area contributed by atoms with Crippen molar-refractivity contribution in [1.29, 1.82) is 0 Å². The van der Waals surface area contributed by atoms with E-state index in [1.165, 1.54) is 23.1 Å². The van der Waals surface area contributed by atoms with E-state index in [9.17, 15) is 4.79 Å². The predicted octanol–water partition coefficient (Wildman–Crippen LogP) is 4.60. The zero-order valence-electron chi connectivity index (χ0n) is 16.1. The van der Waals surface area contributed by atoms with Crippen molar-refractivity contribution < 1.29 is 0 Å². The Morgan fingerprint density at radius 2 is 1.73 bits per heavy atom. The summed E-state index contributed by atoms with van der Waals surface area (Å²) in [4.78, 5) is 17.8. The molecule has 3 aromatic heterocycles. The largest absolute Gasteiger partial charge is 0.270 e. The van der Waals surface area contributed by atoms with Gasteiger partial charge in [0.2, 0.25) is 0 Å². The molecule has 0 aliphatic carbocycles. The smallest absolute Gasteiger partial charge is 0.258 e. The molecule has 5 aromatic rings. The molecule has 0 bridgehead atoms. The number of para-hydroxylation sites is 1. The third-order valence-electron chi connectivity index (χ3n) is 4.66. The number of hydrogen-bond acceptors (Lipinski definition) is 6. The van der Waals surface area contributed by atoms with Crippen LogP contribution in [0, 0.1) is 6.92 Å². The van der Waals surface area contributed by atoms with Crippen LogP contribution in [0.25, 0.3) is 22.0 Å². The highest BCUT2D eigenvalue weighted by Gasteiger charge is 2.16. The molecule has 0 amide bonds. The summed E-state index contributed by atoms with van der Waals surface area (Å²) in [5.41, 5.74) is 3.57. The van der Waals surface area contributed by atoms with Crippen LogP contribution in [0.5, 0.6) is 0 Å². The molecule has 0 N–H and O–H groups in total. The lowest BCUT2D eigenvalue weighted by Crippen LogP contribution is -2.14. The Kier molecular flexibility index (Phi) is 4.94. The molecule has 148 valence electrons. The van der Waals surface area contributed by atoms with Crippen molar-refractivity contribution >= 4 is 28.1 Å². The lowest BCUT2D eigenvalue weighted by Gasteiger charge is -2.10. The number of nitrogens with zero attached hydrogens (tertiary/aromatic N) is 5. The van der Waals surface area contributed by atoms with Crippen LogP contribution in [0.4, 0.5) is 0 Å². The van der Waals surface area contributed by atoms with Crippen LogP contribution in [0.15, 0.2) is 82.1 Å². The minimum Gasteiger partial charge on any atom is -0.270 e. The maximum atomic E-state index is 12.5. The van der Waals surface area contributed by atoms with Gasteiger partial charge in [-0.2, -0.15) is 0 Å². The van der Waals surface area contributed by atoms with E-state index in [1.54, 1.807) is 10.5 Å². The summed E-state index contributed by atoms with van der Waals surface area (Å²) in [5.74, 6) is 1.31. The number of aryl methyl sites for hydroxylation is 1. The summed E-state index contributed by atoms with van der Waals surface area (Å²) in [6, 6.07) is 21.6. The summed E-state index contributed by atoms with van der Waals surface area (Å²) >= 11 is 2.99. The van der Waals surface area contributed by atoms with Gasteiger partial charge in [-0.15, -0.1) is 21.5 Å². The van der Waals surface area contributed by atoms with Crippen LogP contribution >= 0.6 is 23.1 Å². The van der Waals surface area contributed by atoms with Gasteiger partial charge in [-0.25, -0.2) is 4.98 Å². The molecule has 0 fully saturated rings. The molecule has 5 rings (SSSR count). The molecule has 0 aliphatic heterocycles. The second kappa shape index (κ2) is 7.89. The zero-order valence-corrected chi connectivity index (χ0v) is 17.7. The number of thioether (sulfide) groups is 1. The first-order valence-electron chi connectivity index (χ1n) is 9.36. The number of rotatable bonds is 5. The van der Waals surface area contributed by atoms with Crippen molar-refractivity contribution in [2.24, 2.45) is 0 Å². The normalized spacial score (nSPS) is 11.2. The van der Waals surface area contributed by atoms with Crippen LogP contribution in [-0.2, 0) is 5.75 Å². The van der Waals surface area contributed by atoms with Gasteiger partial charge in [-0.3, -0.25) is 13.8 Å². The molecule has 0 aliphatic rings. The number of thiazole rings is 1. The van der Waals surface area contributed by atoms with Gasteiger partial charge in [0.25, 0.3) is 5.56 Å². The van der Waals surface area contributed by atoms with E-state index >= 15 is 0 Å². The van der Waals surface area contributed by atoms with Gasteiger partial charge in [0.15, 0.2) is 15.9 Å². The van der Waals surface area contributed by atoms with Gasteiger partial charge in [-0.05, 0) is 19.1 Å². The number of aromatic nitrogens is 5. The molecule has 0 unspecified atom stereocenters. The molecule has 0 radical (unpaired) electrons. The predicted molar refractivity (Wildman–Crippen MR) is 120 cm³/mol. The van der Waals surface area contributed by atoms with Gasteiger partial charge in [0, 0.05) is 34.1 Å². The first-order valence-corrected chi connectivity index (χ1v) is 11.2. The molecule has 30 heavy (non-hydrogen) atoms. The van der Waals surface area contributed by atoms with E-state index < -0.39 is 0 Å².